The van der Waals surface area contributed by atoms with Crippen LogP contribution in [0.25, 0.3) is 0 Å². The molecule has 1 rings (SSSR count). The molecule has 7 amide bonds. The second kappa shape index (κ2) is 24.4. The van der Waals surface area contributed by atoms with Crippen LogP contribution in [0.5, 0.6) is 0 Å². The van der Waals surface area contributed by atoms with Gasteiger partial charge in [-0.1, -0.05) is 50.6 Å². The van der Waals surface area contributed by atoms with Gasteiger partial charge in [0.25, 0.3) is 0 Å². The molecule has 55 heavy (non-hydrogen) atoms. The number of rotatable bonds is 25. The molecule has 22 heteroatoms. The quantitative estimate of drug-likeness (QED) is 0.0250. The fourth-order valence-corrected chi connectivity index (χ4v) is 4.91. The van der Waals surface area contributed by atoms with Crippen molar-refractivity contribution in [2.24, 2.45) is 33.8 Å². The summed E-state index contributed by atoms with van der Waals surface area (Å²) in [6.07, 6.45) is -0.594. The highest BCUT2D eigenvalue weighted by Crippen LogP contribution is 2.10. The topological polar surface area (TPSA) is 386 Å². The van der Waals surface area contributed by atoms with Crippen molar-refractivity contribution < 1.29 is 53.7 Å². The Morgan fingerprint density at radius 1 is 0.709 bits per heavy atom. The van der Waals surface area contributed by atoms with E-state index in [-0.39, 0.29) is 31.8 Å². The Hall–Kier alpha value is -5.87. The number of nitrogens with one attached hydrogen (secondary N) is 6. The minimum absolute atomic E-state index is 0.00455. The van der Waals surface area contributed by atoms with E-state index in [9.17, 15) is 53.7 Å². The lowest BCUT2D eigenvalue weighted by Gasteiger charge is -2.27. The predicted molar refractivity (Wildman–Crippen MR) is 196 cm³/mol. The Morgan fingerprint density at radius 2 is 1.22 bits per heavy atom. The van der Waals surface area contributed by atoms with Crippen LogP contribution in [0.4, 0.5) is 0 Å². The molecule has 0 aliphatic carbocycles. The van der Waals surface area contributed by atoms with Gasteiger partial charge in [0.1, 0.15) is 36.3 Å². The van der Waals surface area contributed by atoms with E-state index >= 15 is 0 Å². The van der Waals surface area contributed by atoms with Gasteiger partial charge in [0.2, 0.25) is 41.4 Å². The third-order valence-electron chi connectivity index (χ3n) is 8.14. The number of aliphatic carboxylic acids is 1. The molecule has 0 bridgehead atoms. The van der Waals surface area contributed by atoms with Gasteiger partial charge in [-0.05, 0) is 24.3 Å². The number of nitrogens with two attached hydrogens (primary N) is 4. The highest BCUT2D eigenvalue weighted by molar-refractivity contribution is 5.98. The number of aliphatic hydroxyl groups is 2. The first-order valence-corrected chi connectivity index (χ1v) is 17.3. The molecular weight excluding hydrogens is 726 g/mol. The van der Waals surface area contributed by atoms with Gasteiger partial charge < -0.3 is 70.2 Å². The number of hydrogen-bond donors (Lipinski definition) is 13. The molecule has 1 aromatic rings. The van der Waals surface area contributed by atoms with Crippen molar-refractivity contribution in [3.05, 3.63) is 35.9 Å². The maximum absolute atomic E-state index is 13.7. The maximum Gasteiger partial charge on any atom is 0.328 e. The van der Waals surface area contributed by atoms with Crippen LogP contribution < -0.4 is 54.8 Å². The van der Waals surface area contributed by atoms with Gasteiger partial charge in [-0.2, -0.15) is 0 Å². The van der Waals surface area contributed by atoms with Crippen LogP contribution >= 0.6 is 0 Å². The van der Waals surface area contributed by atoms with E-state index in [4.69, 9.17) is 22.9 Å². The highest BCUT2D eigenvalue weighted by Gasteiger charge is 2.34. The summed E-state index contributed by atoms with van der Waals surface area (Å²) >= 11 is 0. The van der Waals surface area contributed by atoms with Crippen LogP contribution in [-0.2, 0) is 44.8 Å². The second-order valence-corrected chi connectivity index (χ2v) is 12.5. The van der Waals surface area contributed by atoms with E-state index in [0.717, 1.165) is 0 Å². The van der Waals surface area contributed by atoms with Gasteiger partial charge in [-0.25, -0.2) is 4.79 Å². The number of benzene rings is 1. The summed E-state index contributed by atoms with van der Waals surface area (Å²) in [5.74, 6) is -8.94. The fourth-order valence-electron chi connectivity index (χ4n) is 4.91. The summed E-state index contributed by atoms with van der Waals surface area (Å²) < 4.78 is 0. The normalized spacial score (nSPS) is 14.6. The maximum atomic E-state index is 13.7. The van der Waals surface area contributed by atoms with Crippen LogP contribution in [0.3, 0.4) is 0 Å². The molecule has 17 N–H and O–H groups in total. The summed E-state index contributed by atoms with van der Waals surface area (Å²) in [6.45, 7) is 1.06. The third kappa shape index (κ3) is 17.2. The number of carboxylic acid groups (broad SMARTS) is 1. The van der Waals surface area contributed by atoms with E-state index < -0.39 is 116 Å². The molecule has 0 spiro atoms. The smallest absolute Gasteiger partial charge is 0.328 e. The molecule has 22 nitrogen and oxygen atoms in total. The summed E-state index contributed by atoms with van der Waals surface area (Å²) in [7, 11) is 0. The number of amides is 7. The summed E-state index contributed by atoms with van der Waals surface area (Å²) in [5, 5.41) is 42.7. The molecule has 0 aliphatic heterocycles. The first-order chi connectivity index (χ1) is 26.0. The fraction of sp³-hybridized carbons (Fsp3) is 0.545. The van der Waals surface area contributed by atoms with Crippen molar-refractivity contribution in [1.29, 1.82) is 0 Å². The average molecular weight is 780 g/mol. The van der Waals surface area contributed by atoms with Crippen molar-refractivity contribution in [3.8, 4) is 0 Å². The zero-order chi connectivity index (χ0) is 41.7. The number of guanidine groups is 1. The molecule has 0 unspecified atom stereocenters. The Bertz CT molecular complexity index is 1510. The third-order valence-corrected chi connectivity index (χ3v) is 8.14. The van der Waals surface area contributed by atoms with Gasteiger partial charge >= 0.3 is 5.97 Å². The standard InChI is InChI=1S/C33H53N11O11/c1-3-17(2)26(44-25(48)14-34)31(53)42-22(15-45)30(52)41-21(13-24(35)47)29(51)39-19(10-7-11-38-33(36)37)27(49)40-20(12-18-8-5-4-6-9-18)28(50)43-23(16-46)32(54)55/h4-6,8-9,17,19-23,26,45-46H,3,7,10-16,34H2,1-2H3,(H2,35,47)(H,39,51)(H,40,49)(H,41,52)(H,42,53)(H,43,50)(H,44,48)(H,54,55)(H4,36,37,38)/t17-,19-,20-,21-,22-,23-,26-/m0/s1. The summed E-state index contributed by atoms with van der Waals surface area (Å²) in [5.41, 5.74) is 22.0. The molecule has 0 radical (unpaired) electrons. The van der Waals surface area contributed by atoms with Gasteiger partial charge in [0, 0.05) is 13.0 Å². The van der Waals surface area contributed by atoms with E-state index in [2.05, 4.69) is 36.9 Å². The Morgan fingerprint density at radius 3 is 1.75 bits per heavy atom. The van der Waals surface area contributed by atoms with Crippen LogP contribution in [0.2, 0.25) is 0 Å². The van der Waals surface area contributed by atoms with Gasteiger partial charge in [0.15, 0.2) is 5.96 Å². The molecule has 0 saturated carbocycles. The number of carbonyl (C=O) groups excluding carboxylic acids is 7. The Kier molecular flexibility index (Phi) is 21.0. The summed E-state index contributed by atoms with van der Waals surface area (Å²) in [6, 6.07) is -0.872. The molecule has 0 heterocycles. The van der Waals surface area contributed by atoms with Crippen LogP contribution in [0.1, 0.15) is 45.1 Å². The Balaban J connectivity index is 3.37. The van der Waals surface area contributed by atoms with Crippen molar-refractivity contribution >= 4 is 53.3 Å². The number of hydrogen-bond acceptors (Lipinski definition) is 12. The molecule has 0 aliphatic rings. The number of carboxylic acids is 1. The molecule has 306 valence electrons. The van der Waals surface area contributed by atoms with Gasteiger partial charge in [0.05, 0.1) is 26.2 Å². The number of carbonyl (C=O) groups is 8. The van der Waals surface area contributed by atoms with E-state index in [0.29, 0.717) is 12.0 Å². The zero-order valence-corrected chi connectivity index (χ0v) is 30.7. The molecule has 0 saturated heterocycles. The number of aliphatic imine (C=N–C) groups is 1. The van der Waals surface area contributed by atoms with Crippen LogP contribution in [0.15, 0.2) is 35.3 Å². The number of primary amides is 1. The van der Waals surface area contributed by atoms with E-state index in [1.165, 1.54) is 0 Å². The van der Waals surface area contributed by atoms with Crippen LogP contribution in [0, 0.1) is 5.92 Å². The zero-order valence-electron chi connectivity index (χ0n) is 30.7. The lowest BCUT2D eigenvalue weighted by Crippen LogP contribution is -2.61. The summed E-state index contributed by atoms with van der Waals surface area (Å²) in [4.78, 5) is 106. The van der Waals surface area contributed by atoms with Gasteiger partial charge in [-0.3, -0.25) is 38.6 Å². The van der Waals surface area contributed by atoms with E-state index in [1.807, 2.05) is 0 Å². The molecule has 7 atom stereocenters. The largest absolute Gasteiger partial charge is 0.480 e. The molecule has 0 aromatic heterocycles. The van der Waals surface area contributed by atoms with Crippen molar-refractivity contribution in [2.45, 2.75) is 82.2 Å². The van der Waals surface area contributed by atoms with Crippen LogP contribution in [-0.4, -0.2) is 131 Å². The molecule has 1 aromatic carbocycles. The lowest BCUT2D eigenvalue weighted by atomic mass is 9.98. The van der Waals surface area contributed by atoms with Crippen molar-refractivity contribution in [3.63, 3.8) is 0 Å². The molecule has 0 fully saturated rings. The monoisotopic (exact) mass is 779 g/mol. The van der Waals surface area contributed by atoms with Gasteiger partial charge in [-0.15, -0.1) is 0 Å². The first-order valence-electron chi connectivity index (χ1n) is 17.3. The average Bonchev–Trinajstić information content (AvgIpc) is 3.14. The number of nitrogens with zero attached hydrogens (tertiary/aromatic N) is 1. The van der Waals surface area contributed by atoms with Crippen molar-refractivity contribution in [1.82, 2.24) is 31.9 Å². The minimum Gasteiger partial charge on any atom is -0.480 e. The Labute approximate surface area is 317 Å². The molecular formula is C33H53N11O11. The van der Waals surface area contributed by atoms with E-state index in [1.54, 1.807) is 44.2 Å². The lowest BCUT2D eigenvalue weighted by molar-refractivity contribution is -0.143. The SMILES string of the molecule is CC[C@H](C)[C@H](NC(=O)CN)C(=O)N[C@@H](CO)C(=O)N[C@@H](CC(N)=O)C(=O)N[C@@H](CCCN=C(N)N)C(=O)N[C@@H](Cc1ccccc1)C(=O)N[C@@H](CO)C(=O)O. The predicted octanol–water partition coefficient (Wildman–Crippen LogP) is -5.86. The van der Waals surface area contributed by atoms with Crippen molar-refractivity contribution in [2.75, 3.05) is 26.3 Å². The number of aliphatic hydroxyl groups excluding tert-OH is 2. The minimum atomic E-state index is -1.75. The second-order valence-electron chi connectivity index (χ2n) is 12.5. The first kappa shape index (κ1) is 47.2. The highest BCUT2D eigenvalue weighted by atomic mass is 16.4.